The molecule has 0 bridgehead atoms. The summed E-state index contributed by atoms with van der Waals surface area (Å²) < 4.78 is 13.5. The van der Waals surface area contributed by atoms with Gasteiger partial charge in [0.25, 0.3) is 5.56 Å². The number of rotatable bonds is 3. The Morgan fingerprint density at radius 2 is 1.76 bits per heavy atom. The Labute approximate surface area is 221 Å². The summed E-state index contributed by atoms with van der Waals surface area (Å²) in [5.74, 6) is 1.48. The molecule has 0 radical (unpaired) electrons. The van der Waals surface area contributed by atoms with Crippen LogP contribution in [-0.4, -0.2) is 16.5 Å². The van der Waals surface area contributed by atoms with Crippen LogP contribution in [0.15, 0.2) is 95.1 Å². The maximum atomic E-state index is 14.3. The average molecular weight is 523 g/mol. The SMILES string of the molecule is COc1ccc(C2c3ccc4ccccc4c3Oc3nc4scc(-c5ccc(Cl)cc5)n4c(=O)c32)cc1. The van der Waals surface area contributed by atoms with Gasteiger partial charge < -0.3 is 9.47 Å². The van der Waals surface area contributed by atoms with Crippen molar-refractivity contribution < 1.29 is 9.47 Å². The summed E-state index contributed by atoms with van der Waals surface area (Å²) in [4.78, 5) is 19.7. The fourth-order valence-corrected chi connectivity index (χ4v) is 6.09. The minimum absolute atomic E-state index is 0.147. The number of thiazole rings is 1. The molecule has 0 saturated heterocycles. The highest BCUT2D eigenvalue weighted by atomic mass is 35.5. The normalized spacial score (nSPS) is 14.3. The molecule has 3 heterocycles. The highest BCUT2D eigenvalue weighted by Crippen LogP contribution is 2.48. The summed E-state index contributed by atoms with van der Waals surface area (Å²) in [6.45, 7) is 0. The highest BCUT2D eigenvalue weighted by Gasteiger charge is 2.35. The largest absolute Gasteiger partial charge is 0.497 e. The predicted molar refractivity (Wildman–Crippen MR) is 148 cm³/mol. The quantitative estimate of drug-likeness (QED) is 0.241. The van der Waals surface area contributed by atoms with E-state index >= 15 is 0 Å². The van der Waals surface area contributed by atoms with Crippen molar-refractivity contribution in [2.45, 2.75) is 5.92 Å². The molecule has 180 valence electrons. The van der Waals surface area contributed by atoms with Crippen LogP contribution in [0.3, 0.4) is 0 Å². The number of fused-ring (bicyclic) bond motifs is 5. The molecule has 37 heavy (non-hydrogen) atoms. The average Bonchev–Trinajstić information content (AvgIpc) is 3.36. The van der Waals surface area contributed by atoms with Gasteiger partial charge in [0.2, 0.25) is 5.88 Å². The number of methoxy groups -OCH3 is 1. The predicted octanol–water partition coefficient (Wildman–Crippen LogP) is 7.52. The molecule has 0 amide bonds. The fraction of sp³-hybridized carbons (Fsp3) is 0.0667. The molecule has 0 N–H and O–H groups in total. The van der Waals surface area contributed by atoms with Gasteiger partial charge in [-0.25, -0.2) is 0 Å². The first-order valence-electron chi connectivity index (χ1n) is 11.8. The monoisotopic (exact) mass is 522 g/mol. The van der Waals surface area contributed by atoms with Crippen LogP contribution in [-0.2, 0) is 0 Å². The van der Waals surface area contributed by atoms with Crippen molar-refractivity contribution >= 4 is 38.7 Å². The maximum Gasteiger partial charge on any atom is 0.267 e. The smallest absolute Gasteiger partial charge is 0.267 e. The van der Waals surface area contributed by atoms with E-state index in [0.29, 0.717) is 21.4 Å². The van der Waals surface area contributed by atoms with Crippen molar-refractivity contribution in [2.75, 3.05) is 7.11 Å². The third-order valence-electron chi connectivity index (χ3n) is 6.87. The van der Waals surface area contributed by atoms with Crippen LogP contribution in [0.1, 0.15) is 22.6 Å². The zero-order chi connectivity index (χ0) is 25.1. The summed E-state index contributed by atoms with van der Waals surface area (Å²) in [5, 5.41) is 4.64. The Hall–Kier alpha value is -4.13. The number of hydrogen-bond acceptors (Lipinski definition) is 5. The molecule has 0 saturated carbocycles. The first kappa shape index (κ1) is 22.1. The molecule has 2 aromatic heterocycles. The number of hydrogen-bond donors (Lipinski definition) is 0. The molecule has 0 fully saturated rings. The third kappa shape index (κ3) is 3.44. The van der Waals surface area contributed by atoms with E-state index in [9.17, 15) is 4.79 Å². The molecular weight excluding hydrogens is 504 g/mol. The van der Waals surface area contributed by atoms with Gasteiger partial charge in [0.05, 0.1) is 18.4 Å². The molecule has 1 aliphatic rings. The Balaban J connectivity index is 1.52. The third-order valence-corrected chi connectivity index (χ3v) is 7.94. The van der Waals surface area contributed by atoms with E-state index in [1.807, 2.05) is 72.1 Å². The Morgan fingerprint density at radius 3 is 2.54 bits per heavy atom. The van der Waals surface area contributed by atoms with Gasteiger partial charge in [-0.2, -0.15) is 4.98 Å². The van der Waals surface area contributed by atoms with Gasteiger partial charge in [-0.3, -0.25) is 9.20 Å². The fourth-order valence-electron chi connectivity index (χ4n) is 5.09. The van der Waals surface area contributed by atoms with E-state index in [1.54, 1.807) is 11.5 Å². The van der Waals surface area contributed by atoms with Crippen LogP contribution in [0.5, 0.6) is 17.4 Å². The molecule has 6 aromatic rings. The van der Waals surface area contributed by atoms with E-state index in [-0.39, 0.29) is 11.5 Å². The van der Waals surface area contributed by atoms with Crippen LogP contribution in [0.4, 0.5) is 0 Å². The van der Waals surface area contributed by atoms with E-state index in [4.69, 9.17) is 26.1 Å². The number of benzene rings is 4. The lowest BCUT2D eigenvalue weighted by Crippen LogP contribution is -2.26. The van der Waals surface area contributed by atoms with E-state index in [2.05, 4.69) is 18.2 Å². The lowest BCUT2D eigenvalue weighted by atomic mass is 9.83. The van der Waals surface area contributed by atoms with Crippen LogP contribution in [0.2, 0.25) is 5.02 Å². The highest BCUT2D eigenvalue weighted by molar-refractivity contribution is 7.15. The van der Waals surface area contributed by atoms with Gasteiger partial charge in [-0.1, -0.05) is 72.3 Å². The van der Waals surface area contributed by atoms with Crippen molar-refractivity contribution in [3.63, 3.8) is 0 Å². The zero-order valence-corrected chi connectivity index (χ0v) is 21.2. The van der Waals surface area contributed by atoms with E-state index in [0.717, 1.165) is 44.7 Å². The van der Waals surface area contributed by atoms with Crippen molar-refractivity contribution in [2.24, 2.45) is 0 Å². The maximum absolute atomic E-state index is 14.3. The summed E-state index contributed by atoms with van der Waals surface area (Å²) in [6, 6.07) is 27.5. The standard InChI is InChI=1S/C30H19ClN2O3S/c1-35-21-13-8-19(9-14-21)25-23-15-10-17-4-2-3-5-22(17)27(23)36-28-26(25)29(34)33-24(16-37-30(33)32-28)18-6-11-20(31)12-7-18/h2-16,25H,1H3. The van der Waals surface area contributed by atoms with Gasteiger partial charge in [-0.15, -0.1) is 11.3 Å². The van der Waals surface area contributed by atoms with Gasteiger partial charge in [-0.05, 0) is 40.8 Å². The molecule has 1 atom stereocenters. The molecular formula is C30H19ClN2O3S. The molecule has 1 unspecified atom stereocenters. The number of nitrogens with zero attached hydrogens (tertiary/aromatic N) is 2. The molecule has 0 aliphatic carbocycles. The molecule has 1 aliphatic heterocycles. The van der Waals surface area contributed by atoms with Gasteiger partial charge in [0.1, 0.15) is 11.5 Å². The summed E-state index contributed by atoms with van der Waals surface area (Å²) >= 11 is 7.52. The Morgan fingerprint density at radius 1 is 0.973 bits per heavy atom. The van der Waals surface area contributed by atoms with E-state index in [1.165, 1.54) is 11.3 Å². The summed E-state index contributed by atoms with van der Waals surface area (Å²) in [6.07, 6.45) is 0. The van der Waals surface area contributed by atoms with Crippen molar-refractivity contribution in [1.29, 1.82) is 0 Å². The van der Waals surface area contributed by atoms with Gasteiger partial charge in [0, 0.05) is 27.3 Å². The topological polar surface area (TPSA) is 52.8 Å². The zero-order valence-electron chi connectivity index (χ0n) is 19.6. The molecule has 5 nitrogen and oxygen atoms in total. The second kappa shape index (κ2) is 8.47. The minimum Gasteiger partial charge on any atom is -0.497 e. The Bertz CT molecular complexity index is 1880. The van der Waals surface area contributed by atoms with Crippen LogP contribution < -0.4 is 15.0 Å². The first-order chi connectivity index (χ1) is 18.1. The first-order valence-corrected chi connectivity index (χ1v) is 13.0. The number of ether oxygens (including phenoxy) is 2. The van der Waals surface area contributed by atoms with Gasteiger partial charge in [0.15, 0.2) is 4.96 Å². The van der Waals surface area contributed by atoms with Crippen LogP contribution in [0.25, 0.3) is 27.0 Å². The second-order valence-electron chi connectivity index (χ2n) is 8.89. The number of aromatic nitrogens is 2. The molecule has 7 rings (SSSR count). The minimum atomic E-state index is -0.357. The molecule has 0 spiro atoms. The molecule has 4 aromatic carbocycles. The van der Waals surface area contributed by atoms with Crippen LogP contribution in [0, 0.1) is 0 Å². The summed E-state index contributed by atoms with van der Waals surface area (Å²) in [5.41, 5.74) is 3.92. The van der Waals surface area contributed by atoms with Crippen molar-refractivity contribution in [3.8, 4) is 28.6 Å². The van der Waals surface area contributed by atoms with Crippen molar-refractivity contribution in [3.05, 3.63) is 122 Å². The lowest BCUT2D eigenvalue weighted by Gasteiger charge is -2.28. The number of halogens is 1. The lowest BCUT2D eigenvalue weighted by molar-refractivity contribution is 0.414. The van der Waals surface area contributed by atoms with Gasteiger partial charge >= 0.3 is 0 Å². The summed E-state index contributed by atoms with van der Waals surface area (Å²) in [7, 11) is 1.64. The van der Waals surface area contributed by atoms with E-state index < -0.39 is 0 Å². The van der Waals surface area contributed by atoms with Crippen LogP contribution >= 0.6 is 22.9 Å². The van der Waals surface area contributed by atoms with Crippen molar-refractivity contribution in [1.82, 2.24) is 9.38 Å². The molecule has 7 heteroatoms. The Kier molecular flexibility index (Phi) is 5.06. The second-order valence-corrected chi connectivity index (χ2v) is 10.2.